The van der Waals surface area contributed by atoms with Crippen molar-refractivity contribution in [2.45, 2.75) is 33.1 Å². The van der Waals surface area contributed by atoms with Crippen molar-refractivity contribution in [1.29, 1.82) is 0 Å². The fraction of sp³-hybridized carbons (Fsp3) is 0.143. The molecule has 0 fully saturated rings. The van der Waals surface area contributed by atoms with Crippen LogP contribution in [0.2, 0.25) is 0 Å². The molecule has 0 saturated carbocycles. The van der Waals surface area contributed by atoms with Gasteiger partial charge in [-0.2, -0.15) is 0 Å². The Kier molecular flexibility index (Phi) is 6.99. The van der Waals surface area contributed by atoms with E-state index in [1.807, 2.05) is 29.5 Å². The van der Waals surface area contributed by atoms with Crippen molar-refractivity contribution in [3.8, 4) is 20.9 Å². The number of carbonyl (C=O) groups is 2. The zero-order valence-electron chi connectivity index (χ0n) is 22.0. The Labute approximate surface area is 237 Å². The highest BCUT2D eigenvalue weighted by atomic mass is 32.1. The molecule has 2 nitrogen and oxygen atoms in total. The van der Waals surface area contributed by atoms with Gasteiger partial charge in [-0.25, -0.2) is 0 Å². The molecular weight excluding hydrogens is 517 g/mol. The third-order valence-corrected chi connectivity index (χ3v) is 9.63. The van der Waals surface area contributed by atoms with Gasteiger partial charge in [0, 0.05) is 30.6 Å². The van der Waals surface area contributed by atoms with E-state index in [-0.39, 0.29) is 0 Å². The Morgan fingerprint density at radius 2 is 1.00 bits per heavy atom. The molecule has 0 saturated heterocycles. The first-order valence-electron chi connectivity index (χ1n) is 13.2. The summed E-state index contributed by atoms with van der Waals surface area (Å²) in [5.41, 5.74) is 8.87. The van der Waals surface area contributed by atoms with Gasteiger partial charge in [-0.3, -0.25) is 9.59 Å². The minimum atomic E-state index is -0.475. The van der Waals surface area contributed by atoms with E-state index in [2.05, 4.69) is 56.3 Å². The molecule has 0 atom stereocenters. The predicted octanol–water partition coefficient (Wildman–Crippen LogP) is 9.92. The van der Waals surface area contributed by atoms with Crippen molar-refractivity contribution in [1.82, 2.24) is 0 Å². The van der Waals surface area contributed by atoms with Crippen molar-refractivity contribution in [3.05, 3.63) is 129 Å². The van der Waals surface area contributed by atoms with Crippen LogP contribution in [0.4, 0.5) is 0 Å². The van der Waals surface area contributed by atoms with Crippen LogP contribution in [0.3, 0.4) is 0 Å². The standard InChI is InChI=1S/C35H28O2S2/c1-22-30(20-32(38-22)24-10-5-3-6-11-24)28-14-9-15-29(28)31-21-33(39-23(31)2)25-16-18-27(19-17-25)35(37)34(36)26-12-7-4-8-13-26/h3-8,10-13,16-21H,9,14-15H2,1-2H3. The van der Waals surface area contributed by atoms with E-state index in [0.717, 1.165) is 18.4 Å². The summed E-state index contributed by atoms with van der Waals surface area (Å²) in [5, 5.41) is 0. The molecule has 0 amide bonds. The molecule has 192 valence electrons. The smallest absolute Gasteiger partial charge is 0.233 e. The average molecular weight is 545 g/mol. The third kappa shape index (κ3) is 4.98. The second kappa shape index (κ2) is 10.7. The quantitative estimate of drug-likeness (QED) is 0.151. The molecule has 3 aromatic carbocycles. The van der Waals surface area contributed by atoms with Crippen molar-refractivity contribution in [2.24, 2.45) is 0 Å². The number of hydrogen-bond acceptors (Lipinski definition) is 4. The molecule has 5 aromatic rings. The van der Waals surface area contributed by atoms with E-state index in [4.69, 9.17) is 0 Å². The lowest BCUT2D eigenvalue weighted by atomic mass is 9.96. The highest BCUT2D eigenvalue weighted by Crippen LogP contribution is 2.47. The number of rotatable bonds is 7. The second-order valence-corrected chi connectivity index (χ2v) is 12.5. The zero-order valence-corrected chi connectivity index (χ0v) is 23.6. The number of Topliss-reactive ketones (excluding diaryl/α,β-unsaturated/α-hetero) is 2. The molecule has 2 heterocycles. The average Bonchev–Trinajstić information content (AvgIpc) is 3.71. The molecule has 6 rings (SSSR count). The predicted molar refractivity (Wildman–Crippen MR) is 165 cm³/mol. The lowest BCUT2D eigenvalue weighted by molar-refractivity contribution is 0.0817. The maximum Gasteiger partial charge on any atom is 0.233 e. The summed E-state index contributed by atoms with van der Waals surface area (Å²) in [4.78, 5) is 30.6. The monoisotopic (exact) mass is 544 g/mol. The number of benzene rings is 3. The van der Waals surface area contributed by atoms with Gasteiger partial charge >= 0.3 is 0 Å². The fourth-order valence-electron chi connectivity index (χ4n) is 5.43. The van der Waals surface area contributed by atoms with E-state index in [9.17, 15) is 9.59 Å². The van der Waals surface area contributed by atoms with Crippen molar-refractivity contribution in [3.63, 3.8) is 0 Å². The van der Waals surface area contributed by atoms with Gasteiger partial charge in [0.05, 0.1) is 0 Å². The van der Waals surface area contributed by atoms with E-state index in [0.29, 0.717) is 11.1 Å². The van der Waals surface area contributed by atoms with Crippen LogP contribution in [0, 0.1) is 13.8 Å². The lowest BCUT2D eigenvalue weighted by Crippen LogP contribution is -2.14. The molecule has 0 bridgehead atoms. The third-order valence-electron chi connectivity index (χ3n) is 7.44. The minimum Gasteiger partial charge on any atom is -0.285 e. The summed E-state index contributed by atoms with van der Waals surface area (Å²) >= 11 is 3.67. The first kappa shape index (κ1) is 25.4. The first-order chi connectivity index (χ1) is 19.0. The van der Waals surface area contributed by atoms with Crippen LogP contribution in [0.15, 0.2) is 97.1 Å². The largest absolute Gasteiger partial charge is 0.285 e. The normalized spacial score (nSPS) is 13.2. The van der Waals surface area contributed by atoms with Crippen molar-refractivity contribution >= 4 is 45.4 Å². The topological polar surface area (TPSA) is 34.1 Å². The van der Waals surface area contributed by atoms with Crippen LogP contribution < -0.4 is 0 Å². The molecule has 1 aliphatic carbocycles. The van der Waals surface area contributed by atoms with Crippen LogP contribution in [0.5, 0.6) is 0 Å². The number of thiophene rings is 2. The number of hydrogen-bond donors (Lipinski definition) is 0. The Morgan fingerprint density at radius 1 is 0.564 bits per heavy atom. The van der Waals surface area contributed by atoms with Crippen LogP contribution >= 0.6 is 22.7 Å². The molecule has 0 N–H and O–H groups in total. The molecule has 0 aliphatic heterocycles. The van der Waals surface area contributed by atoms with E-state index in [1.54, 1.807) is 47.7 Å². The van der Waals surface area contributed by atoms with E-state index in [1.165, 1.54) is 53.8 Å². The SMILES string of the molecule is Cc1sc(-c2ccccc2)cc1C1=C(c2cc(-c3ccc(C(=O)C(=O)c4ccccc4)cc3)sc2C)CCC1. The summed E-state index contributed by atoms with van der Waals surface area (Å²) in [7, 11) is 0. The first-order valence-corrected chi connectivity index (χ1v) is 14.9. The molecular formula is C35H28O2S2. The summed E-state index contributed by atoms with van der Waals surface area (Å²) in [6, 6.07) is 31.5. The summed E-state index contributed by atoms with van der Waals surface area (Å²) in [5.74, 6) is -0.949. The molecule has 2 aromatic heterocycles. The van der Waals surface area contributed by atoms with E-state index < -0.39 is 11.6 Å². The highest BCUT2D eigenvalue weighted by molar-refractivity contribution is 7.16. The van der Waals surface area contributed by atoms with E-state index >= 15 is 0 Å². The molecule has 4 heteroatoms. The molecule has 0 spiro atoms. The van der Waals surface area contributed by atoms with Gasteiger partial charge in [-0.1, -0.05) is 84.9 Å². The number of allylic oxidation sites excluding steroid dienone is 2. The van der Waals surface area contributed by atoms with Crippen LogP contribution in [-0.4, -0.2) is 11.6 Å². The summed E-state index contributed by atoms with van der Waals surface area (Å²) in [6.45, 7) is 4.45. The van der Waals surface area contributed by atoms with Crippen LogP contribution in [-0.2, 0) is 0 Å². The Balaban J connectivity index is 1.29. The minimum absolute atomic E-state index is 0.419. The lowest BCUT2D eigenvalue weighted by Gasteiger charge is -2.07. The molecule has 0 unspecified atom stereocenters. The highest BCUT2D eigenvalue weighted by Gasteiger charge is 2.24. The maximum absolute atomic E-state index is 12.8. The zero-order chi connectivity index (χ0) is 26.9. The van der Waals surface area contributed by atoms with Crippen LogP contribution in [0.1, 0.15) is 60.9 Å². The van der Waals surface area contributed by atoms with Gasteiger partial charge in [0.2, 0.25) is 11.6 Å². The van der Waals surface area contributed by atoms with Gasteiger partial charge in [-0.05, 0) is 78.6 Å². The Morgan fingerprint density at radius 3 is 1.51 bits per heavy atom. The van der Waals surface area contributed by atoms with Gasteiger partial charge in [0.1, 0.15) is 0 Å². The second-order valence-electron chi connectivity index (χ2n) is 9.94. The van der Waals surface area contributed by atoms with Gasteiger partial charge in [0.25, 0.3) is 0 Å². The number of ketones is 2. The number of carbonyl (C=O) groups excluding carboxylic acids is 2. The van der Waals surface area contributed by atoms with Crippen molar-refractivity contribution < 1.29 is 9.59 Å². The number of aryl methyl sites for hydroxylation is 2. The maximum atomic E-state index is 12.8. The van der Waals surface area contributed by atoms with Gasteiger partial charge in [0.15, 0.2) is 0 Å². The Bertz CT molecular complexity index is 1700. The van der Waals surface area contributed by atoms with Crippen LogP contribution in [0.25, 0.3) is 32.0 Å². The van der Waals surface area contributed by atoms with Crippen molar-refractivity contribution in [2.75, 3.05) is 0 Å². The van der Waals surface area contributed by atoms with Gasteiger partial charge < -0.3 is 0 Å². The van der Waals surface area contributed by atoms with Gasteiger partial charge in [-0.15, -0.1) is 22.7 Å². The Hall–Kier alpha value is -3.86. The molecule has 1 aliphatic rings. The summed E-state index contributed by atoms with van der Waals surface area (Å²) < 4.78 is 0. The molecule has 0 radical (unpaired) electrons. The fourth-order valence-corrected chi connectivity index (χ4v) is 7.53. The molecule has 39 heavy (non-hydrogen) atoms. The summed E-state index contributed by atoms with van der Waals surface area (Å²) in [6.07, 6.45) is 3.38.